The van der Waals surface area contributed by atoms with Gasteiger partial charge in [0.05, 0.1) is 51.2 Å². The lowest BCUT2D eigenvalue weighted by molar-refractivity contribution is -0.903. The summed E-state index contributed by atoms with van der Waals surface area (Å²) in [4.78, 5) is 3.59. The van der Waals surface area contributed by atoms with Gasteiger partial charge in [0.25, 0.3) is 0 Å². The lowest BCUT2D eigenvalue weighted by Crippen LogP contribution is -3.16. The maximum atomic E-state index is 10.2. The first kappa shape index (κ1) is 17.5. The van der Waals surface area contributed by atoms with Gasteiger partial charge in [0, 0.05) is 6.61 Å². The van der Waals surface area contributed by atoms with E-state index in [-0.39, 0.29) is 6.10 Å². The van der Waals surface area contributed by atoms with Crippen LogP contribution in [0.15, 0.2) is 24.3 Å². The molecule has 3 N–H and O–H groups in total. The van der Waals surface area contributed by atoms with Crippen LogP contribution in [0.4, 0.5) is 5.69 Å². The van der Waals surface area contributed by atoms with E-state index in [1.165, 1.54) is 4.90 Å². The van der Waals surface area contributed by atoms with Gasteiger partial charge in [-0.15, -0.1) is 0 Å². The van der Waals surface area contributed by atoms with Gasteiger partial charge in [-0.25, -0.2) is 0 Å². The molecule has 24 heavy (non-hydrogen) atoms. The molecule has 0 saturated carbocycles. The molecule has 2 atom stereocenters. The van der Waals surface area contributed by atoms with E-state index in [1.807, 2.05) is 18.2 Å². The highest BCUT2D eigenvalue weighted by atomic mass is 16.5. The molecule has 6 heteroatoms. The van der Waals surface area contributed by atoms with Crippen molar-refractivity contribution in [1.82, 2.24) is 0 Å². The number of aliphatic hydroxyl groups is 1. The van der Waals surface area contributed by atoms with Crippen LogP contribution in [0.5, 0.6) is 5.75 Å². The molecule has 1 aromatic carbocycles. The number of benzene rings is 1. The molecule has 1 aromatic rings. The van der Waals surface area contributed by atoms with Crippen LogP contribution in [0.3, 0.4) is 0 Å². The van der Waals surface area contributed by atoms with Crippen molar-refractivity contribution in [3.05, 3.63) is 24.3 Å². The number of para-hydroxylation sites is 2. The van der Waals surface area contributed by atoms with Gasteiger partial charge in [0.1, 0.15) is 18.4 Å². The Balaban J connectivity index is 1.35. The largest absolute Gasteiger partial charge is 0.506 e. The van der Waals surface area contributed by atoms with Crippen molar-refractivity contribution in [2.24, 2.45) is 0 Å². The maximum Gasteiger partial charge on any atom is 0.138 e. The van der Waals surface area contributed by atoms with Gasteiger partial charge < -0.3 is 29.5 Å². The Morgan fingerprint density at radius 3 is 2.79 bits per heavy atom. The zero-order chi connectivity index (χ0) is 16.8. The first-order valence-corrected chi connectivity index (χ1v) is 8.96. The molecule has 0 spiro atoms. The number of quaternary nitrogens is 1. The van der Waals surface area contributed by atoms with Crippen LogP contribution in [-0.2, 0) is 9.47 Å². The van der Waals surface area contributed by atoms with Crippen molar-refractivity contribution in [3.63, 3.8) is 0 Å². The van der Waals surface area contributed by atoms with E-state index in [9.17, 15) is 10.2 Å². The van der Waals surface area contributed by atoms with Crippen LogP contribution in [0.25, 0.3) is 0 Å². The lowest BCUT2D eigenvalue weighted by Gasteiger charge is -2.34. The molecule has 2 aliphatic rings. The molecule has 2 fully saturated rings. The van der Waals surface area contributed by atoms with Crippen molar-refractivity contribution in [3.8, 4) is 5.75 Å². The third-order valence-electron chi connectivity index (χ3n) is 4.86. The first-order chi connectivity index (χ1) is 11.7. The van der Waals surface area contributed by atoms with Crippen LogP contribution < -0.4 is 9.80 Å². The van der Waals surface area contributed by atoms with Gasteiger partial charge >= 0.3 is 0 Å². The second-order valence-electron chi connectivity index (χ2n) is 6.76. The Morgan fingerprint density at radius 1 is 1.29 bits per heavy atom. The molecule has 0 bridgehead atoms. The number of hydrogen-bond acceptors (Lipinski definition) is 5. The summed E-state index contributed by atoms with van der Waals surface area (Å²) in [5.74, 6) is 0.337. The predicted molar refractivity (Wildman–Crippen MR) is 91.7 cm³/mol. The molecule has 2 saturated heterocycles. The quantitative estimate of drug-likeness (QED) is 0.635. The standard InChI is InChI=1S/C18H28N2O4/c21-15(13-23-14-16-4-3-11-24-16)12-19-7-9-20(10-8-19)17-5-1-2-6-18(17)22/h1-2,5-6,15-16,21-22H,3-4,7-14H2/p+1/t15-,16-/m1/s1. The number of aliphatic hydroxyl groups excluding tert-OH is 1. The van der Waals surface area contributed by atoms with E-state index in [1.54, 1.807) is 6.07 Å². The van der Waals surface area contributed by atoms with Crippen LogP contribution >= 0.6 is 0 Å². The minimum atomic E-state index is -0.432. The van der Waals surface area contributed by atoms with E-state index < -0.39 is 6.10 Å². The number of ether oxygens (including phenoxy) is 2. The van der Waals surface area contributed by atoms with Gasteiger partial charge in [0.15, 0.2) is 0 Å². The van der Waals surface area contributed by atoms with Crippen LogP contribution in [0, 0.1) is 0 Å². The highest BCUT2D eigenvalue weighted by molar-refractivity contribution is 5.57. The fraction of sp³-hybridized carbons (Fsp3) is 0.667. The van der Waals surface area contributed by atoms with Crippen molar-refractivity contribution in [1.29, 1.82) is 0 Å². The Hall–Kier alpha value is -1.34. The molecule has 0 unspecified atom stereocenters. The molecular weight excluding hydrogens is 308 g/mol. The third-order valence-corrected chi connectivity index (χ3v) is 4.86. The van der Waals surface area contributed by atoms with Gasteiger partial charge in [-0.3, -0.25) is 0 Å². The van der Waals surface area contributed by atoms with E-state index in [4.69, 9.17) is 9.47 Å². The van der Waals surface area contributed by atoms with Crippen molar-refractivity contribution >= 4 is 5.69 Å². The molecule has 134 valence electrons. The highest BCUT2D eigenvalue weighted by Crippen LogP contribution is 2.25. The summed E-state index contributed by atoms with van der Waals surface area (Å²) < 4.78 is 11.1. The summed E-state index contributed by atoms with van der Waals surface area (Å²) >= 11 is 0. The van der Waals surface area contributed by atoms with E-state index in [0.717, 1.165) is 51.3 Å². The first-order valence-electron chi connectivity index (χ1n) is 8.96. The number of piperazine rings is 1. The smallest absolute Gasteiger partial charge is 0.138 e. The molecule has 0 aromatic heterocycles. The fourth-order valence-corrected chi connectivity index (χ4v) is 3.50. The van der Waals surface area contributed by atoms with Gasteiger partial charge in [-0.2, -0.15) is 0 Å². The number of anilines is 1. The molecule has 3 rings (SSSR count). The number of phenols is 1. The maximum absolute atomic E-state index is 10.2. The number of phenolic OH excluding ortho intramolecular Hbond substituents is 1. The van der Waals surface area contributed by atoms with Gasteiger partial charge in [-0.1, -0.05) is 12.1 Å². The number of aromatic hydroxyl groups is 1. The Kier molecular flexibility index (Phi) is 6.31. The van der Waals surface area contributed by atoms with Gasteiger partial charge in [0.2, 0.25) is 0 Å². The van der Waals surface area contributed by atoms with Crippen molar-refractivity contribution in [2.75, 3.05) is 57.4 Å². The summed E-state index contributed by atoms with van der Waals surface area (Å²) in [6, 6.07) is 7.47. The van der Waals surface area contributed by atoms with E-state index in [0.29, 0.717) is 25.5 Å². The Morgan fingerprint density at radius 2 is 2.08 bits per heavy atom. The van der Waals surface area contributed by atoms with Crippen LogP contribution in [-0.4, -0.2) is 75.0 Å². The second-order valence-corrected chi connectivity index (χ2v) is 6.76. The zero-order valence-corrected chi connectivity index (χ0v) is 14.2. The number of nitrogens with zero attached hydrogens (tertiary/aromatic N) is 1. The SMILES string of the molecule is Oc1ccccc1N1CC[NH+](C[C@@H](O)COC[C@H]2CCCO2)CC1. The molecule has 2 heterocycles. The summed E-state index contributed by atoms with van der Waals surface area (Å²) in [5.41, 5.74) is 0.900. The minimum Gasteiger partial charge on any atom is -0.506 e. The van der Waals surface area contributed by atoms with Crippen molar-refractivity contribution in [2.45, 2.75) is 25.0 Å². The lowest BCUT2D eigenvalue weighted by atomic mass is 10.2. The van der Waals surface area contributed by atoms with E-state index in [2.05, 4.69) is 4.90 Å². The normalized spacial score (nSPS) is 23.5. The molecule has 0 aliphatic carbocycles. The summed E-state index contributed by atoms with van der Waals surface area (Å²) in [6.07, 6.45) is 1.96. The highest BCUT2D eigenvalue weighted by Gasteiger charge is 2.24. The van der Waals surface area contributed by atoms with Crippen LogP contribution in [0.2, 0.25) is 0 Å². The summed E-state index contributed by atoms with van der Waals surface area (Å²) in [6.45, 7) is 6.20. The average Bonchev–Trinajstić information content (AvgIpc) is 3.10. The second kappa shape index (κ2) is 8.67. The fourth-order valence-electron chi connectivity index (χ4n) is 3.50. The van der Waals surface area contributed by atoms with Crippen LogP contribution in [0.1, 0.15) is 12.8 Å². The minimum absolute atomic E-state index is 0.214. The zero-order valence-electron chi connectivity index (χ0n) is 14.2. The molecule has 0 amide bonds. The number of nitrogens with one attached hydrogen (secondary N) is 1. The summed E-state index contributed by atoms with van der Waals surface area (Å²) in [7, 11) is 0. The monoisotopic (exact) mass is 337 g/mol. The topological polar surface area (TPSA) is 66.6 Å². The van der Waals surface area contributed by atoms with E-state index >= 15 is 0 Å². The predicted octanol–water partition coefficient (Wildman–Crippen LogP) is -0.346. The molecule has 6 nitrogen and oxygen atoms in total. The Labute approximate surface area is 143 Å². The molecule has 0 radical (unpaired) electrons. The van der Waals surface area contributed by atoms with Gasteiger partial charge in [-0.05, 0) is 25.0 Å². The number of hydrogen-bond donors (Lipinski definition) is 3. The number of rotatable bonds is 7. The third kappa shape index (κ3) is 4.83. The molecular formula is C18H29N2O4+. The average molecular weight is 337 g/mol. The Bertz CT molecular complexity index is 500. The van der Waals surface area contributed by atoms with Crippen molar-refractivity contribution < 1.29 is 24.6 Å². The summed E-state index contributed by atoms with van der Waals surface area (Å²) in [5, 5.41) is 20.1. The molecule has 2 aliphatic heterocycles.